The Morgan fingerprint density at radius 3 is 2.88 bits per heavy atom. The lowest BCUT2D eigenvalue weighted by molar-refractivity contribution is 0.337. The summed E-state index contributed by atoms with van der Waals surface area (Å²) >= 11 is 0. The summed E-state index contributed by atoms with van der Waals surface area (Å²) in [6.07, 6.45) is 6.07. The van der Waals surface area contributed by atoms with Gasteiger partial charge in [0.25, 0.3) is 0 Å². The molecule has 0 unspecified atom stereocenters. The van der Waals surface area contributed by atoms with E-state index in [1.807, 2.05) is 30.3 Å². The second kappa shape index (κ2) is 7.90. The van der Waals surface area contributed by atoms with Gasteiger partial charge in [-0.1, -0.05) is 17.1 Å². The molecule has 0 fully saturated rings. The highest BCUT2D eigenvalue weighted by Crippen LogP contribution is 2.21. The van der Waals surface area contributed by atoms with Gasteiger partial charge in [-0.2, -0.15) is 5.26 Å². The van der Waals surface area contributed by atoms with Gasteiger partial charge in [-0.3, -0.25) is 0 Å². The molecule has 0 N–H and O–H groups in total. The topological polar surface area (TPSA) is 58.3 Å². The largest absolute Gasteiger partial charge is 0.355 e. The van der Waals surface area contributed by atoms with E-state index in [4.69, 9.17) is 10.1 Å². The summed E-state index contributed by atoms with van der Waals surface area (Å²) in [4.78, 5) is 9.44. The zero-order valence-corrected chi connectivity index (χ0v) is 13.4. The fourth-order valence-corrected chi connectivity index (χ4v) is 2.33. The van der Waals surface area contributed by atoms with Crippen molar-refractivity contribution in [1.29, 1.82) is 5.26 Å². The molecule has 25 heavy (non-hydrogen) atoms. The van der Waals surface area contributed by atoms with Crippen molar-refractivity contribution in [3.63, 3.8) is 0 Å². The molecule has 1 aliphatic carbocycles. The fraction of sp³-hybridized carbons (Fsp3) is 0.150. The molecule has 0 spiro atoms. The zero-order chi connectivity index (χ0) is 17.5. The van der Waals surface area contributed by atoms with E-state index >= 15 is 0 Å². The summed E-state index contributed by atoms with van der Waals surface area (Å²) in [6.45, 7) is 0. The number of benzene rings is 1. The van der Waals surface area contributed by atoms with Crippen LogP contribution in [0.5, 0.6) is 5.75 Å². The lowest BCUT2D eigenvalue weighted by Gasteiger charge is -2.10. The Bertz CT molecular complexity index is 931. The Morgan fingerprint density at radius 1 is 1.16 bits per heavy atom. The number of halogens is 1. The number of aromatic nitrogens is 1. The Labute approximate surface area is 145 Å². The Morgan fingerprint density at radius 2 is 2.08 bits per heavy atom. The van der Waals surface area contributed by atoms with Crippen molar-refractivity contribution in [2.45, 2.75) is 19.3 Å². The SMILES string of the molecule is N#Cc1ccc(F)cc1O/N=C1\C=C(C#Cc2ccccn2)CCC1. The predicted octanol–water partition coefficient (Wildman–Crippen LogP) is 3.99. The molecule has 0 aliphatic heterocycles. The first-order chi connectivity index (χ1) is 12.2. The Balaban J connectivity index is 1.77. The number of nitriles is 1. The highest BCUT2D eigenvalue weighted by atomic mass is 19.1. The number of hydrogen-bond acceptors (Lipinski definition) is 4. The van der Waals surface area contributed by atoms with Crippen LogP contribution in [0, 0.1) is 29.0 Å². The van der Waals surface area contributed by atoms with Crippen LogP contribution in [0.3, 0.4) is 0 Å². The van der Waals surface area contributed by atoms with Crippen molar-refractivity contribution in [3.8, 4) is 23.7 Å². The fourth-order valence-electron chi connectivity index (χ4n) is 2.33. The predicted molar refractivity (Wildman–Crippen MR) is 92.2 cm³/mol. The van der Waals surface area contributed by atoms with Crippen LogP contribution in [0.2, 0.25) is 0 Å². The van der Waals surface area contributed by atoms with Crippen molar-refractivity contribution in [2.24, 2.45) is 5.16 Å². The molecule has 122 valence electrons. The number of pyridine rings is 1. The molecule has 0 bridgehead atoms. The quantitative estimate of drug-likeness (QED) is 0.617. The molecular weight excluding hydrogens is 317 g/mol. The molecule has 4 nitrogen and oxygen atoms in total. The molecule has 0 saturated heterocycles. The first-order valence-electron chi connectivity index (χ1n) is 7.82. The van der Waals surface area contributed by atoms with Gasteiger partial charge in [0.15, 0.2) is 5.75 Å². The third-order valence-electron chi connectivity index (χ3n) is 3.56. The normalized spacial score (nSPS) is 14.9. The number of rotatable bonds is 2. The molecule has 1 aliphatic rings. The number of oxime groups is 1. The maximum Gasteiger partial charge on any atom is 0.178 e. The van der Waals surface area contributed by atoms with Gasteiger partial charge in [-0.25, -0.2) is 9.37 Å². The highest BCUT2D eigenvalue weighted by molar-refractivity contribution is 5.96. The van der Waals surface area contributed by atoms with E-state index in [1.165, 1.54) is 12.1 Å². The monoisotopic (exact) mass is 331 g/mol. The molecule has 3 rings (SSSR count). The van der Waals surface area contributed by atoms with Crippen LogP contribution in [-0.2, 0) is 0 Å². The van der Waals surface area contributed by atoms with Crippen molar-refractivity contribution >= 4 is 5.71 Å². The molecule has 0 atom stereocenters. The van der Waals surface area contributed by atoms with Crippen molar-refractivity contribution in [2.75, 3.05) is 0 Å². The van der Waals surface area contributed by atoms with Crippen LogP contribution in [0.1, 0.15) is 30.5 Å². The smallest absolute Gasteiger partial charge is 0.178 e. The van der Waals surface area contributed by atoms with E-state index in [-0.39, 0.29) is 11.3 Å². The first kappa shape index (κ1) is 16.4. The minimum atomic E-state index is -0.477. The van der Waals surface area contributed by atoms with Crippen molar-refractivity contribution in [3.05, 3.63) is 71.3 Å². The average Bonchev–Trinajstić information content (AvgIpc) is 2.66. The standard InChI is InChI=1S/C20H14FN3O/c21-17-9-8-16(14-22)20(13-17)25-24-19-6-3-4-15(12-19)7-10-18-5-1-2-11-23-18/h1-2,5,8-9,11-13H,3-4,6H2/b24-19-. The van der Waals surface area contributed by atoms with Crippen LogP contribution in [-0.4, -0.2) is 10.7 Å². The summed E-state index contributed by atoms with van der Waals surface area (Å²) in [6, 6.07) is 11.3. The zero-order valence-electron chi connectivity index (χ0n) is 13.4. The third kappa shape index (κ3) is 4.53. The van der Waals surface area contributed by atoms with Gasteiger partial charge < -0.3 is 4.84 Å². The van der Waals surface area contributed by atoms with E-state index in [1.54, 1.807) is 6.20 Å². The van der Waals surface area contributed by atoms with E-state index in [0.717, 1.165) is 30.9 Å². The number of hydrogen-bond donors (Lipinski definition) is 0. The molecule has 1 heterocycles. The maximum absolute atomic E-state index is 13.3. The van der Waals surface area contributed by atoms with Crippen molar-refractivity contribution in [1.82, 2.24) is 4.98 Å². The second-order valence-corrected chi connectivity index (χ2v) is 5.41. The van der Waals surface area contributed by atoms with Gasteiger partial charge in [0.1, 0.15) is 17.6 Å². The lowest BCUT2D eigenvalue weighted by Crippen LogP contribution is -2.05. The van der Waals surface area contributed by atoms with Gasteiger partial charge in [-0.15, -0.1) is 0 Å². The van der Waals surface area contributed by atoms with Crippen LogP contribution in [0.25, 0.3) is 0 Å². The molecule has 0 saturated carbocycles. The lowest BCUT2D eigenvalue weighted by atomic mass is 9.98. The molecule has 5 heteroatoms. The summed E-state index contributed by atoms with van der Waals surface area (Å²) < 4.78 is 13.3. The van der Waals surface area contributed by atoms with Crippen LogP contribution >= 0.6 is 0 Å². The van der Waals surface area contributed by atoms with Gasteiger partial charge in [-0.05, 0) is 55.5 Å². The summed E-state index contributed by atoms with van der Waals surface area (Å²) in [7, 11) is 0. The molecule has 1 aromatic heterocycles. The van der Waals surface area contributed by atoms with E-state index in [2.05, 4.69) is 22.0 Å². The first-order valence-corrected chi connectivity index (χ1v) is 7.82. The number of nitrogens with zero attached hydrogens (tertiary/aromatic N) is 3. The van der Waals surface area contributed by atoms with Crippen molar-refractivity contribution < 1.29 is 9.23 Å². The van der Waals surface area contributed by atoms with Crippen LogP contribution < -0.4 is 4.84 Å². The van der Waals surface area contributed by atoms with Gasteiger partial charge in [0.05, 0.1) is 11.3 Å². The minimum Gasteiger partial charge on any atom is -0.355 e. The van der Waals surface area contributed by atoms with Gasteiger partial charge in [0.2, 0.25) is 0 Å². The second-order valence-electron chi connectivity index (χ2n) is 5.41. The van der Waals surface area contributed by atoms with E-state index in [0.29, 0.717) is 11.4 Å². The molecule has 0 amide bonds. The van der Waals surface area contributed by atoms with E-state index < -0.39 is 5.82 Å². The third-order valence-corrected chi connectivity index (χ3v) is 3.56. The molecule has 1 aromatic carbocycles. The maximum atomic E-state index is 13.3. The highest BCUT2D eigenvalue weighted by Gasteiger charge is 2.10. The average molecular weight is 331 g/mol. The summed E-state index contributed by atoms with van der Waals surface area (Å²) in [5.41, 5.74) is 2.60. The molecule has 2 aromatic rings. The summed E-state index contributed by atoms with van der Waals surface area (Å²) in [5.74, 6) is 5.74. The van der Waals surface area contributed by atoms with E-state index in [9.17, 15) is 4.39 Å². The van der Waals surface area contributed by atoms with Crippen LogP contribution in [0.4, 0.5) is 4.39 Å². The van der Waals surface area contributed by atoms with Gasteiger partial charge in [0, 0.05) is 17.8 Å². The number of allylic oxidation sites excluding steroid dienone is 2. The Hall–Kier alpha value is -3.44. The van der Waals surface area contributed by atoms with Crippen LogP contribution in [0.15, 0.2) is 59.4 Å². The van der Waals surface area contributed by atoms with Gasteiger partial charge >= 0.3 is 0 Å². The molecule has 0 radical (unpaired) electrons. The summed E-state index contributed by atoms with van der Waals surface area (Å²) in [5, 5.41) is 13.1. The minimum absolute atomic E-state index is 0.107. The Kier molecular flexibility index (Phi) is 5.19. The molecular formula is C20H14FN3O.